The lowest BCUT2D eigenvalue weighted by Crippen LogP contribution is -2.41. The second kappa shape index (κ2) is 8.69. The number of carbonyl (C=O) groups excluding carboxylic acids is 1. The summed E-state index contributed by atoms with van der Waals surface area (Å²) in [4.78, 5) is 12.5. The third kappa shape index (κ3) is 4.67. The van der Waals surface area contributed by atoms with Gasteiger partial charge in [-0.25, -0.2) is 4.79 Å². The van der Waals surface area contributed by atoms with Gasteiger partial charge in [0.05, 0.1) is 11.2 Å². The Labute approximate surface area is 194 Å². The Balaban J connectivity index is 1.48. The van der Waals surface area contributed by atoms with Crippen LogP contribution in [-0.2, 0) is 14.0 Å². The van der Waals surface area contributed by atoms with E-state index in [0.717, 1.165) is 16.6 Å². The number of amides is 1. The number of hydrogen-bond donors (Lipinski definition) is 1. The fourth-order valence-corrected chi connectivity index (χ4v) is 3.57. The van der Waals surface area contributed by atoms with Gasteiger partial charge >= 0.3 is 13.2 Å². The van der Waals surface area contributed by atoms with Crippen LogP contribution in [0.4, 0.5) is 10.5 Å². The second-order valence-electron chi connectivity index (χ2n) is 9.27. The molecular weight excluding hydrogens is 419 g/mol. The Morgan fingerprint density at radius 3 is 2.21 bits per heavy atom. The fraction of sp³-hybridized carbons (Fsp3) is 0.360. The first-order valence-corrected chi connectivity index (χ1v) is 11.0. The van der Waals surface area contributed by atoms with E-state index in [0.29, 0.717) is 17.1 Å². The quantitative estimate of drug-likeness (QED) is 0.537. The van der Waals surface area contributed by atoms with E-state index in [1.807, 2.05) is 89.2 Å². The molecule has 1 aromatic heterocycles. The van der Waals surface area contributed by atoms with Crippen molar-refractivity contribution in [3.63, 3.8) is 0 Å². The number of aryl methyl sites for hydroxylation is 1. The highest BCUT2D eigenvalue weighted by atomic mass is 16.7. The van der Waals surface area contributed by atoms with Crippen LogP contribution in [0.25, 0.3) is 11.3 Å². The average Bonchev–Trinajstić information content (AvgIpc) is 3.23. The molecule has 1 amide bonds. The van der Waals surface area contributed by atoms with Crippen LogP contribution in [0.3, 0.4) is 0 Å². The summed E-state index contributed by atoms with van der Waals surface area (Å²) in [5.41, 5.74) is 2.79. The van der Waals surface area contributed by atoms with Crippen LogP contribution in [0.15, 0.2) is 59.1 Å². The molecule has 0 radical (unpaired) electrons. The molecule has 7 nitrogen and oxygen atoms in total. The van der Waals surface area contributed by atoms with Crippen molar-refractivity contribution >= 4 is 24.4 Å². The third-order valence-electron chi connectivity index (χ3n) is 6.34. The van der Waals surface area contributed by atoms with Crippen LogP contribution in [0.1, 0.15) is 52.0 Å². The molecule has 1 atom stereocenters. The zero-order chi connectivity index (χ0) is 23.8. The number of carbonyl (C=O) groups is 1. The van der Waals surface area contributed by atoms with Gasteiger partial charge in [-0.2, -0.15) is 0 Å². The highest BCUT2D eigenvalue weighted by Gasteiger charge is 2.51. The van der Waals surface area contributed by atoms with Crippen LogP contribution >= 0.6 is 0 Å². The molecule has 4 rings (SSSR count). The van der Waals surface area contributed by atoms with E-state index in [2.05, 4.69) is 10.5 Å². The molecule has 1 N–H and O–H groups in total. The number of ether oxygens (including phenoxy) is 1. The molecule has 1 aliphatic heterocycles. The number of nitrogens with zero attached hydrogens (tertiary/aromatic N) is 1. The van der Waals surface area contributed by atoms with Gasteiger partial charge in [-0.3, -0.25) is 5.32 Å². The van der Waals surface area contributed by atoms with E-state index >= 15 is 0 Å². The molecule has 1 saturated heterocycles. The maximum atomic E-state index is 12.5. The number of aromatic nitrogens is 1. The van der Waals surface area contributed by atoms with Gasteiger partial charge in [0, 0.05) is 5.56 Å². The van der Waals surface area contributed by atoms with Crippen molar-refractivity contribution in [2.45, 2.75) is 58.8 Å². The zero-order valence-corrected chi connectivity index (χ0v) is 19.8. The van der Waals surface area contributed by atoms with Crippen molar-refractivity contribution < 1.29 is 23.4 Å². The van der Waals surface area contributed by atoms with Crippen LogP contribution in [0, 0.1) is 6.92 Å². The highest BCUT2D eigenvalue weighted by molar-refractivity contribution is 6.62. The number of hydrogen-bond acceptors (Lipinski definition) is 6. The monoisotopic (exact) mass is 448 g/mol. The van der Waals surface area contributed by atoms with E-state index in [9.17, 15) is 4.79 Å². The summed E-state index contributed by atoms with van der Waals surface area (Å²) in [6, 6.07) is 17.2. The van der Waals surface area contributed by atoms with Gasteiger partial charge in [0.25, 0.3) is 0 Å². The Bertz CT molecular complexity index is 1110. The van der Waals surface area contributed by atoms with Crippen molar-refractivity contribution in [1.82, 2.24) is 5.16 Å². The lowest BCUT2D eigenvalue weighted by molar-refractivity contribution is 0.00578. The molecule has 8 heteroatoms. The highest BCUT2D eigenvalue weighted by Crippen LogP contribution is 2.37. The molecule has 0 aliphatic carbocycles. The number of rotatable bonds is 5. The van der Waals surface area contributed by atoms with Crippen molar-refractivity contribution in [3.05, 3.63) is 65.9 Å². The van der Waals surface area contributed by atoms with E-state index in [1.54, 1.807) is 6.92 Å². The molecular formula is C25H29BN2O5. The Morgan fingerprint density at radius 2 is 1.61 bits per heavy atom. The summed E-state index contributed by atoms with van der Waals surface area (Å²) in [6.45, 7) is 11.7. The van der Waals surface area contributed by atoms with E-state index < -0.39 is 30.5 Å². The summed E-state index contributed by atoms with van der Waals surface area (Å²) in [6.07, 6.45) is -0.971. The van der Waals surface area contributed by atoms with Crippen molar-refractivity contribution in [2.24, 2.45) is 0 Å². The van der Waals surface area contributed by atoms with Crippen LogP contribution < -0.4 is 10.8 Å². The van der Waals surface area contributed by atoms with Crippen molar-refractivity contribution in [3.8, 4) is 11.3 Å². The maximum Gasteiger partial charge on any atom is 0.494 e. The predicted octanol–water partition coefficient (Wildman–Crippen LogP) is 5.26. The molecule has 2 aromatic carbocycles. The predicted molar refractivity (Wildman–Crippen MR) is 127 cm³/mol. The van der Waals surface area contributed by atoms with E-state index in [-0.39, 0.29) is 0 Å². The number of anilines is 1. The zero-order valence-electron chi connectivity index (χ0n) is 19.8. The maximum absolute atomic E-state index is 12.5. The van der Waals surface area contributed by atoms with E-state index in [1.165, 1.54) is 0 Å². The van der Waals surface area contributed by atoms with Crippen LogP contribution in [0.5, 0.6) is 0 Å². The molecule has 0 spiro atoms. The minimum Gasteiger partial charge on any atom is -0.441 e. The molecule has 172 valence electrons. The minimum absolute atomic E-state index is 0.394. The van der Waals surface area contributed by atoms with Gasteiger partial charge < -0.3 is 18.6 Å². The van der Waals surface area contributed by atoms with Gasteiger partial charge in [0.1, 0.15) is 17.5 Å². The van der Waals surface area contributed by atoms with Gasteiger partial charge in [-0.05, 0) is 52.6 Å². The fourth-order valence-electron chi connectivity index (χ4n) is 3.57. The smallest absolute Gasteiger partial charge is 0.441 e. The Hall–Kier alpha value is -3.10. The molecule has 33 heavy (non-hydrogen) atoms. The molecule has 2 heterocycles. The first kappa shape index (κ1) is 23.1. The summed E-state index contributed by atoms with van der Waals surface area (Å²) in [5.74, 6) is 0.456. The molecule has 3 aromatic rings. The largest absolute Gasteiger partial charge is 0.494 e. The normalized spacial score (nSPS) is 17.6. The minimum atomic E-state index is -0.576. The summed E-state index contributed by atoms with van der Waals surface area (Å²) < 4.78 is 23.3. The van der Waals surface area contributed by atoms with E-state index in [4.69, 9.17) is 18.6 Å². The molecule has 1 fully saturated rings. The van der Waals surface area contributed by atoms with Gasteiger partial charge in [-0.15, -0.1) is 0 Å². The molecule has 1 unspecified atom stereocenters. The number of benzene rings is 2. The molecule has 1 aliphatic rings. The summed E-state index contributed by atoms with van der Waals surface area (Å²) in [5, 5.41) is 6.81. The summed E-state index contributed by atoms with van der Waals surface area (Å²) >= 11 is 0. The number of nitrogens with one attached hydrogen (secondary N) is 1. The topological polar surface area (TPSA) is 82.8 Å². The van der Waals surface area contributed by atoms with Crippen LogP contribution in [-0.4, -0.2) is 29.6 Å². The van der Waals surface area contributed by atoms with Crippen molar-refractivity contribution in [2.75, 3.05) is 5.32 Å². The SMILES string of the molecule is Cc1noc(-c2ccc(B3OC(C)(C)C(C)(C)O3)cc2)c1NC(=O)OC(C)c1ccccc1. The summed E-state index contributed by atoms with van der Waals surface area (Å²) in [7, 11) is -0.451. The lowest BCUT2D eigenvalue weighted by Gasteiger charge is -2.32. The standard InChI is InChI=1S/C25H29BN2O5/c1-16-21(27-23(29)30-17(2)18-10-8-7-9-11-18)22(31-28-16)19-12-14-20(15-13-19)26-32-24(3,4)25(5,6)33-26/h7-15,17H,1-6H3,(H,27,29). The Morgan fingerprint density at radius 1 is 1.00 bits per heavy atom. The molecule has 0 saturated carbocycles. The lowest BCUT2D eigenvalue weighted by atomic mass is 9.79. The third-order valence-corrected chi connectivity index (χ3v) is 6.34. The second-order valence-corrected chi connectivity index (χ2v) is 9.27. The first-order valence-electron chi connectivity index (χ1n) is 11.0. The first-order chi connectivity index (χ1) is 15.6. The Kier molecular flexibility index (Phi) is 6.07. The van der Waals surface area contributed by atoms with Crippen molar-refractivity contribution in [1.29, 1.82) is 0 Å². The van der Waals surface area contributed by atoms with Gasteiger partial charge in [0.15, 0.2) is 5.76 Å². The van der Waals surface area contributed by atoms with Gasteiger partial charge in [0.2, 0.25) is 0 Å². The van der Waals surface area contributed by atoms with Crippen LogP contribution in [0.2, 0.25) is 0 Å². The average molecular weight is 448 g/mol. The van der Waals surface area contributed by atoms with Gasteiger partial charge in [-0.1, -0.05) is 59.8 Å². The molecule has 0 bridgehead atoms.